The summed E-state index contributed by atoms with van der Waals surface area (Å²) in [5, 5.41) is 7.22. The Morgan fingerprint density at radius 1 is 1.79 bits per heavy atom. The zero-order valence-corrected chi connectivity index (χ0v) is 8.16. The number of aryl methyl sites for hydroxylation is 1. The Morgan fingerprint density at radius 3 is 3.07 bits per heavy atom. The van der Waals surface area contributed by atoms with Crippen LogP contribution >= 0.6 is 0 Å². The van der Waals surface area contributed by atoms with Crippen LogP contribution in [0.2, 0.25) is 0 Å². The van der Waals surface area contributed by atoms with E-state index in [2.05, 4.69) is 10.4 Å². The number of hydrogen-bond acceptors (Lipinski definition) is 4. The Bertz CT molecular complexity index is 352. The highest BCUT2D eigenvalue weighted by Gasteiger charge is 2.25. The van der Waals surface area contributed by atoms with Crippen molar-refractivity contribution in [1.82, 2.24) is 15.1 Å². The highest BCUT2D eigenvalue weighted by Crippen LogP contribution is 2.13. The monoisotopic (exact) mass is 194 g/mol. The lowest BCUT2D eigenvalue weighted by Crippen LogP contribution is -2.25. The van der Waals surface area contributed by atoms with Crippen LogP contribution in [0.3, 0.4) is 0 Å². The molecule has 0 saturated carbocycles. The average molecular weight is 194 g/mol. The molecule has 0 aliphatic carbocycles. The lowest BCUT2D eigenvalue weighted by atomic mass is 10.1. The number of rotatable bonds is 1. The minimum atomic E-state index is 0.000556. The third-order valence-corrected chi connectivity index (χ3v) is 2.48. The molecule has 0 radical (unpaired) electrons. The molecule has 1 saturated heterocycles. The van der Waals surface area contributed by atoms with Crippen molar-refractivity contribution in [3.8, 4) is 0 Å². The first-order valence-corrected chi connectivity index (χ1v) is 4.75. The van der Waals surface area contributed by atoms with Crippen molar-refractivity contribution in [3.63, 3.8) is 0 Å². The molecular formula is C9H14N4O. The number of anilines is 1. The topological polar surface area (TPSA) is 72.9 Å². The van der Waals surface area contributed by atoms with Gasteiger partial charge in [-0.25, -0.2) is 0 Å². The van der Waals surface area contributed by atoms with Gasteiger partial charge in [-0.15, -0.1) is 0 Å². The number of nitrogens with zero attached hydrogens (tertiary/aromatic N) is 2. The van der Waals surface area contributed by atoms with Gasteiger partial charge in [-0.1, -0.05) is 0 Å². The summed E-state index contributed by atoms with van der Waals surface area (Å²) >= 11 is 0. The summed E-state index contributed by atoms with van der Waals surface area (Å²) in [5.74, 6) is 0.455. The molecule has 2 heterocycles. The number of nitrogens with two attached hydrogens (primary N) is 1. The van der Waals surface area contributed by atoms with Crippen LogP contribution in [0.5, 0.6) is 0 Å². The number of hydrogen-bond donors (Lipinski definition) is 2. The van der Waals surface area contributed by atoms with E-state index in [0.29, 0.717) is 5.82 Å². The molecule has 1 atom stereocenters. The molecule has 1 aliphatic rings. The summed E-state index contributed by atoms with van der Waals surface area (Å²) in [5.41, 5.74) is 6.45. The average Bonchev–Trinajstić information content (AvgIpc) is 2.73. The smallest absolute Gasteiger partial charge is 0.253 e. The number of carbonyl (C=O) groups excluding carboxylic acids is 1. The third-order valence-electron chi connectivity index (χ3n) is 2.48. The molecule has 3 N–H and O–H groups in total. The maximum atomic E-state index is 11.9. The van der Waals surface area contributed by atoms with Crippen molar-refractivity contribution in [1.29, 1.82) is 0 Å². The summed E-state index contributed by atoms with van der Waals surface area (Å²) in [7, 11) is 0. The van der Waals surface area contributed by atoms with E-state index >= 15 is 0 Å². The Balaban J connectivity index is 2.21. The largest absolute Gasteiger partial charge is 0.383 e. The van der Waals surface area contributed by atoms with Gasteiger partial charge in [0.15, 0.2) is 0 Å². The van der Waals surface area contributed by atoms with Crippen molar-refractivity contribution >= 4 is 11.7 Å². The lowest BCUT2D eigenvalue weighted by Gasteiger charge is -2.07. The van der Waals surface area contributed by atoms with E-state index in [-0.39, 0.29) is 11.8 Å². The minimum absolute atomic E-state index is 0.000556. The van der Waals surface area contributed by atoms with Crippen molar-refractivity contribution in [2.24, 2.45) is 5.92 Å². The van der Waals surface area contributed by atoms with Gasteiger partial charge in [-0.2, -0.15) is 9.78 Å². The number of aromatic nitrogens is 2. The fourth-order valence-electron chi connectivity index (χ4n) is 1.73. The van der Waals surface area contributed by atoms with Gasteiger partial charge in [0, 0.05) is 12.6 Å². The zero-order valence-electron chi connectivity index (χ0n) is 8.16. The first kappa shape index (κ1) is 9.21. The van der Waals surface area contributed by atoms with E-state index in [1.165, 1.54) is 4.68 Å². The van der Waals surface area contributed by atoms with Crippen LogP contribution in [0.15, 0.2) is 6.07 Å². The first-order valence-electron chi connectivity index (χ1n) is 4.75. The molecule has 1 aliphatic heterocycles. The molecule has 0 aromatic carbocycles. The molecule has 1 fully saturated rings. The van der Waals surface area contributed by atoms with Crippen molar-refractivity contribution in [2.45, 2.75) is 13.3 Å². The van der Waals surface area contributed by atoms with E-state index in [0.717, 1.165) is 25.2 Å². The van der Waals surface area contributed by atoms with Crippen molar-refractivity contribution in [2.75, 3.05) is 18.8 Å². The van der Waals surface area contributed by atoms with Crippen LogP contribution in [0.4, 0.5) is 5.82 Å². The molecule has 0 amide bonds. The highest BCUT2D eigenvalue weighted by molar-refractivity contribution is 5.83. The van der Waals surface area contributed by atoms with Crippen molar-refractivity contribution in [3.05, 3.63) is 11.8 Å². The third kappa shape index (κ3) is 1.50. The van der Waals surface area contributed by atoms with Crippen LogP contribution in [0, 0.1) is 12.8 Å². The normalized spacial score (nSPS) is 21.4. The van der Waals surface area contributed by atoms with Crippen LogP contribution < -0.4 is 11.1 Å². The summed E-state index contributed by atoms with van der Waals surface area (Å²) in [4.78, 5) is 11.9. The summed E-state index contributed by atoms with van der Waals surface area (Å²) in [6.07, 6.45) is 0.872. The fourth-order valence-corrected chi connectivity index (χ4v) is 1.73. The molecule has 5 nitrogen and oxygen atoms in total. The molecule has 2 rings (SSSR count). The zero-order chi connectivity index (χ0) is 10.1. The van der Waals surface area contributed by atoms with Gasteiger partial charge in [-0.05, 0) is 19.9 Å². The SMILES string of the molecule is Cc1cc(N)n(C(=O)C2CCNC2)n1. The Kier molecular flexibility index (Phi) is 2.25. The molecule has 0 spiro atoms. The van der Waals surface area contributed by atoms with Crippen molar-refractivity contribution < 1.29 is 4.79 Å². The molecule has 14 heavy (non-hydrogen) atoms. The molecule has 1 unspecified atom stereocenters. The first-order chi connectivity index (χ1) is 6.68. The molecule has 1 aromatic rings. The van der Waals surface area contributed by atoms with E-state index in [9.17, 15) is 4.79 Å². The predicted octanol–water partition coefficient (Wildman–Crippen LogP) is 0.0234. The molecule has 1 aromatic heterocycles. The van der Waals surface area contributed by atoms with E-state index < -0.39 is 0 Å². The number of nitrogen functional groups attached to an aromatic ring is 1. The lowest BCUT2D eigenvalue weighted by molar-refractivity contribution is 0.0831. The van der Waals surface area contributed by atoms with Gasteiger partial charge < -0.3 is 11.1 Å². The Hall–Kier alpha value is -1.36. The maximum Gasteiger partial charge on any atom is 0.253 e. The van der Waals surface area contributed by atoms with E-state index in [1.54, 1.807) is 6.07 Å². The number of nitrogens with one attached hydrogen (secondary N) is 1. The summed E-state index contributed by atoms with van der Waals surface area (Å²) in [6, 6.07) is 1.71. The van der Waals surface area contributed by atoms with Gasteiger partial charge in [-0.3, -0.25) is 4.79 Å². The minimum Gasteiger partial charge on any atom is -0.383 e. The van der Waals surface area contributed by atoms with Crippen LogP contribution in [-0.2, 0) is 0 Å². The second kappa shape index (κ2) is 3.42. The molecule has 5 heteroatoms. The molecule has 76 valence electrons. The van der Waals surface area contributed by atoms with Gasteiger partial charge in [0.25, 0.3) is 5.91 Å². The second-order valence-corrected chi connectivity index (χ2v) is 3.65. The Labute approximate surface area is 82.3 Å². The van der Waals surface area contributed by atoms with E-state index in [4.69, 9.17) is 5.73 Å². The van der Waals surface area contributed by atoms with Gasteiger partial charge >= 0.3 is 0 Å². The van der Waals surface area contributed by atoms with Gasteiger partial charge in [0.05, 0.1) is 11.6 Å². The van der Waals surface area contributed by atoms with Gasteiger partial charge in [0.1, 0.15) is 5.82 Å². The molecule has 0 bridgehead atoms. The number of carbonyl (C=O) groups is 1. The fraction of sp³-hybridized carbons (Fsp3) is 0.556. The van der Waals surface area contributed by atoms with Crippen LogP contribution in [-0.4, -0.2) is 28.8 Å². The second-order valence-electron chi connectivity index (χ2n) is 3.65. The van der Waals surface area contributed by atoms with Gasteiger partial charge in [0.2, 0.25) is 0 Å². The van der Waals surface area contributed by atoms with Crippen LogP contribution in [0.1, 0.15) is 16.9 Å². The summed E-state index contributed by atoms with van der Waals surface area (Å²) < 4.78 is 1.31. The standard InChI is InChI=1S/C9H14N4O/c1-6-4-8(10)13(12-6)9(14)7-2-3-11-5-7/h4,7,11H,2-3,5,10H2,1H3. The van der Waals surface area contributed by atoms with Crippen LogP contribution in [0.25, 0.3) is 0 Å². The Morgan fingerprint density at radius 2 is 2.57 bits per heavy atom. The van der Waals surface area contributed by atoms with E-state index in [1.807, 2.05) is 6.92 Å². The predicted molar refractivity (Wildman–Crippen MR) is 53.0 cm³/mol. The summed E-state index contributed by atoms with van der Waals surface area (Å²) in [6.45, 7) is 3.46. The molecular weight excluding hydrogens is 180 g/mol. The highest BCUT2D eigenvalue weighted by atomic mass is 16.2. The maximum absolute atomic E-state index is 11.9. The quantitative estimate of drug-likeness (QED) is 0.661.